The Bertz CT molecular complexity index is 723. The van der Waals surface area contributed by atoms with E-state index in [1.165, 1.54) is 9.80 Å². The van der Waals surface area contributed by atoms with Crippen molar-refractivity contribution >= 4 is 27.9 Å². The van der Waals surface area contributed by atoms with E-state index < -0.39 is 35.4 Å². The average Bonchev–Trinajstić information content (AvgIpc) is 2.77. The Kier molecular flexibility index (Phi) is 5.97. The van der Waals surface area contributed by atoms with Crippen LogP contribution in [0.5, 0.6) is 0 Å². The third-order valence-corrected chi connectivity index (χ3v) is 5.15. The monoisotopic (exact) mass is 440 g/mol. The van der Waals surface area contributed by atoms with Crippen molar-refractivity contribution in [3.8, 4) is 0 Å². The Morgan fingerprint density at radius 1 is 1.19 bits per heavy atom. The first-order valence-electron chi connectivity index (χ1n) is 8.96. The second-order valence-corrected chi connectivity index (χ2v) is 9.84. The number of benzene rings is 1. The van der Waals surface area contributed by atoms with E-state index in [-0.39, 0.29) is 5.91 Å². The molecule has 1 aromatic carbocycles. The van der Waals surface area contributed by atoms with Crippen LogP contribution in [-0.4, -0.2) is 51.8 Å². The number of amides is 2. The van der Waals surface area contributed by atoms with Gasteiger partial charge in [-0.15, -0.1) is 0 Å². The topological polar surface area (TPSA) is 70.1 Å². The molecular formula is C20H29BrN2O4. The van der Waals surface area contributed by atoms with E-state index in [1.54, 1.807) is 46.0 Å². The van der Waals surface area contributed by atoms with Gasteiger partial charge in [0.1, 0.15) is 23.9 Å². The zero-order valence-corrected chi connectivity index (χ0v) is 18.6. The molecule has 1 aliphatic heterocycles. The van der Waals surface area contributed by atoms with Crippen molar-refractivity contribution in [1.29, 1.82) is 0 Å². The standard InChI is InChI=1S/C20H29BrN2O4/c1-19(2,3)17-22(7)16(25)14(23(17)18(26)27-20(4,5)6)15(24)12-10-8-9-11-13(12)21/h8-11,14-15,17,24H,1-7H3/t14-,15+,17+/m0/s1. The Labute approximate surface area is 169 Å². The highest BCUT2D eigenvalue weighted by molar-refractivity contribution is 9.10. The smallest absolute Gasteiger partial charge is 0.412 e. The number of nitrogens with zero attached hydrogens (tertiary/aromatic N) is 2. The lowest BCUT2D eigenvalue weighted by Crippen LogP contribution is -2.53. The van der Waals surface area contributed by atoms with Crippen molar-refractivity contribution in [1.82, 2.24) is 9.80 Å². The number of hydrogen-bond acceptors (Lipinski definition) is 4. The summed E-state index contributed by atoms with van der Waals surface area (Å²) in [7, 11) is 1.66. The summed E-state index contributed by atoms with van der Waals surface area (Å²) in [5, 5.41) is 11.1. The maximum atomic E-state index is 13.1. The molecule has 1 heterocycles. The molecule has 2 rings (SSSR count). The molecule has 1 aromatic rings. The summed E-state index contributed by atoms with van der Waals surface area (Å²) < 4.78 is 6.25. The third kappa shape index (κ3) is 4.46. The van der Waals surface area contributed by atoms with Crippen LogP contribution in [0.25, 0.3) is 0 Å². The molecule has 0 aliphatic carbocycles. The molecule has 27 heavy (non-hydrogen) atoms. The molecule has 0 radical (unpaired) electrons. The van der Waals surface area contributed by atoms with E-state index in [0.29, 0.717) is 10.0 Å². The molecule has 7 heteroatoms. The van der Waals surface area contributed by atoms with Gasteiger partial charge < -0.3 is 14.7 Å². The van der Waals surface area contributed by atoms with Gasteiger partial charge in [0.2, 0.25) is 5.91 Å². The largest absolute Gasteiger partial charge is 0.444 e. The molecule has 2 amide bonds. The van der Waals surface area contributed by atoms with Gasteiger partial charge >= 0.3 is 6.09 Å². The van der Waals surface area contributed by atoms with Gasteiger partial charge in [0.05, 0.1) is 0 Å². The first-order valence-corrected chi connectivity index (χ1v) is 9.75. The van der Waals surface area contributed by atoms with Crippen molar-refractivity contribution in [3.05, 3.63) is 34.3 Å². The number of rotatable bonds is 2. The molecule has 6 nitrogen and oxygen atoms in total. The summed E-state index contributed by atoms with van der Waals surface area (Å²) in [5.74, 6) is -0.316. The summed E-state index contributed by atoms with van der Waals surface area (Å²) in [6.45, 7) is 11.2. The molecule has 0 aromatic heterocycles. The summed E-state index contributed by atoms with van der Waals surface area (Å²) in [4.78, 5) is 29.0. The van der Waals surface area contributed by atoms with Crippen LogP contribution >= 0.6 is 15.9 Å². The van der Waals surface area contributed by atoms with Crippen LogP contribution < -0.4 is 0 Å². The zero-order valence-electron chi connectivity index (χ0n) is 17.0. The number of carbonyl (C=O) groups excluding carboxylic acids is 2. The summed E-state index contributed by atoms with van der Waals surface area (Å²) >= 11 is 3.42. The number of aliphatic hydroxyl groups excluding tert-OH is 1. The average molecular weight is 441 g/mol. The summed E-state index contributed by atoms with van der Waals surface area (Å²) in [6, 6.07) is 6.08. The molecule has 0 saturated carbocycles. The number of carbonyl (C=O) groups is 2. The van der Waals surface area contributed by atoms with E-state index in [1.807, 2.05) is 26.8 Å². The van der Waals surface area contributed by atoms with Gasteiger partial charge in [-0.25, -0.2) is 4.79 Å². The van der Waals surface area contributed by atoms with E-state index in [0.717, 1.165) is 0 Å². The second-order valence-electron chi connectivity index (χ2n) is 8.99. The maximum absolute atomic E-state index is 13.1. The molecule has 0 bridgehead atoms. The molecule has 1 N–H and O–H groups in total. The number of halogens is 1. The fourth-order valence-electron chi connectivity index (χ4n) is 3.49. The van der Waals surface area contributed by atoms with Crippen LogP contribution in [0, 0.1) is 5.41 Å². The number of likely N-dealkylation sites (N-methyl/N-ethyl adjacent to an activating group) is 1. The van der Waals surface area contributed by atoms with Crippen molar-refractivity contribution in [2.75, 3.05) is 7.05 Å². The van der Waals surface area contributed by atoms with Crippen LogP contribution in [0.1, 0.15) is 53.2 Å². The number of ether oxygens (including phenoxy) is 1. The van der Waals surface area contributed by atoms with Crippen molar-refractivity contribution in [3.63, 3.8) is 0 Å². The Hall–Kier alpha value is -1.60. The van der Waals surface area contributed by atoms with Gasteiger partial charge in [0.15, 0.2) is 0 Å². The predicted octanol–water partition coefficient (Wildman–Crippen LogP) is 3.93. The van der Waals surface area contributed by atoms with E-state index in [9.17, 15) is 14.7 Å². The lowest BCUT2D eigenvalue weighted by molar-refractivity contribution is -0.131. The van der Waals surface area contributed by atoms with E-state index >= 15 is 0 Å². The number of aliphatic hydroxyl groups is 1. The molecule has 150 valence electrons. The highest BCUT2D eigenvalue weighted by atomic mass is 79.9. The third-order valence-electron chi connectivity index (χ3n) is 4.43. The van der Waals surface area contributed by atoms with Crippen molar-refractivity contribution in [2.24, 2.45) is 5.41 Å². The predicted molar refractivity (Wildman–Crippen MR) is 107 cm³/mol. The van der Waals surface area contributed by atoms with Gasteiger partial charge in [0.25, 0.3) is 0 Å². The molecular weight excluding hydrogens is 412 g/mol. The molecule has 0 spiro atoms. The maximum Gasteiger partial charge on any atom is 0.412 e. The normalized spacial score (nSPS) is 22.2. The highest BCUT2D eigenvalue weighted by Crippen LogP contribution is 2.40. The van der Waals surface area contributed by atoms with Crippen LogP contribution in [0.3, 0.4) is 0 Å². The zero-order chi connectivity index (χ0) is 20.7. The minimum absolute atomic E-state index is 0.316. The lowest BCUT2D eigenvalue weighted by Gasteiger charge is -2.39. The van der Waals surface area contributed by atoms with Crippen LogP contribution in [0.4, 0.5) is 4.79 Å². The number of hydrogen-bond donors (Lipinski definition) is 1. The van der Waals surface area contributed by atoms with Crippen molar-refractivity contribution < 1.29 is 19.4 Å². The van der Waals surface area contributed by atoms with Gasteiger partial charge in [-0.2, -0.15) is 0 Å². The minimum Gasteiger partial charge on any atom is -0.444 e. The van der Waals surface area contributed by atoms with Crippen LogP contribution in [0.15, 0.2) is 28.7 Å². The molecule has 1 fully saturated rings. The Balaban J connectivity index is 2.53. The van der Waals surface area contributed by atoms with Gasteiger partial charge in [-0.05, 0) is 32.4 Å². The van der Waals surface area contributed by atoms with Crippen LogP contribution in [0.2, 0.25) is 0 Å². The minimum atomic E-state index is -1.18. The molecule has 0 unspecified atom stereocenters. The van der Waals surface area contributed by atoms with Gasteiger partial charge in [-0.3, -0.25) is 9.69 Å². The SMILES string of the molecule is CN1C(=O)[C@H]([C@H](O)c2ccccc2Br)N(C(=O)OC(C)(C)C)[C@@H]1C(C)(C)C. The highest BCUT2D eigenvalue weighted by Gasteiger charge is 2.55. The first-order chi connectivity index (χ1) is 12.3. The summed E-state index contributed by atoms with van der Waals surface area (Å²) in [5.41, 5.74) is -0.594. The summed E-state index contributed by atoms with van der Waals surface area (Å²) in [6.07, 6.45) is -2.34. The van der Waals surface area contributed by atoms with Gasteiger partial charge in [-0.1, -0.05) is 54.9 Å². The Morgan fingerprint density at radius 2 is 1.74 bits per heavy atom. The fraction of sp³-hybridized carbons (Fsp3) is 0.600. The van der Waals surface area contributed by atoms with E-state index in [4.69, 9.17) is 4.74 Å². The molecule has 1 aliphatic rings. The molecule has 1 saturated heterocycles. The van der Waals surface area contributed by atoms with Crippen molar-refractivity contribution in [2.45, 2.75) is 65.5 Å². The van der Waals surface area contributed by atoms with Crippen LogP contribution in [-0.2, 0) is 9.53 Å². The second kappa shape index (κ2) is 7.43. The lowest BCUT2D eigenvalue weighted by atomic mass is 9.91. The molecule has 3 atom stereocenters. The fourth-order valence-corrected chi connectivity index (χ4v) is 4.00. The van der Waals surface area contributed by atoms with E-state index in [2.05, 4.69) is 15.9 Å². The first kappa shape index (κ1) is 21.7. The quantitative estimate of drug-likeness (QED) is 0.755. The van der Waals surface area contributed by atoms with Gasteiger partial charge in [0, 0.05) is 16.9 Å². The Morgan fingerprint density at radius 3 is 2.22 bits per heavy atom.